The molecule has 0 saturated carbocycles. The molecule has 1 atom stereocenters. The smallest absolute Gasteiger partial charge is 0.125 e. The van der Waals surface area contributed by atoms with Gasteiger partial charge in [-0.3, -0.25) is 0 Å². The molecule has 1 unspecified atom stereocenters. The molecule has 0 N–H and O–H groups in total. The normalized spacial score (nSPS) is 13.9. The predicted molar refractivity (Wildman–Crippen MR) is 46.2 cm³/mol. The number of rotatable bonds is 0. The highest BCUT2D eigenvalue weighted by atomic mass is 28.3. The third kappa shape index (κ3) is 3.37. The van der Waals surface area contributed by atoms with Crippen molar-refractivity contribution in [3.8, 4) is 11.5 Å². The Morgan fingerprint density at radius 2 is 1.67 bits per heavy atom. The minimum atomic E-state index is -0.752. The molecule has 0 nitrogen and oxygen atoms in total. The zero-order valence-electron chi connectivity index (χ0n) is 7.08. The standard InChI is InChI=1S/C8H16Si/c1-6-7-9(5)8(2,3)4/h9H,1-5H3. The maximum atomic E-state index is 3.27. The Morgan fingerprint density at radius 3 is 1.78 bits per heavy atom. The van der Waals surface area contributed by atoms with Crippen molar-refractivity contribution in [2.75, 3.05) is 0 Å². The molecule has 0 radical (unpaired) electrons. The Balaban J connectivity index is 3.99. The molecule has 0 fully saturated rings. The summed E-state index contributed by atoms with van der Waals surface area (Å²) in [4.78, 5) is 0. The van der Waals surface area contributed by atoms with Gasteiger partial charge in [0.2, 0.25) is 0 Å². The summed E-state index contributed by atoms with van der Waals surface area (Å²) in [5.41, 5.74) is 3.27. The first-order valence-electron chi connectivity index (χ1n) is 3.40. The van der Waals surface area contributed by atoms with Gasteiger partial charge in [-0.05, 0) is 12.0 Å². The third-order valence-electron chi connectivity index (χ3n) is 1.66. The second-order valence-electron chi connectivity index (χ2n) is 3.48. The van der Waals surface area contributed by atoms with Gasteiger partial charge >= 0.3 is 0 Å². The van der Waals surface area contributed by atoms with E-state index in [9.17, 15) is 0 Å². The van der Waals surface area contributed by atoms with Crippen molar-refractivity contribution in [1.82, 2.24) is 0 Å². The minimum Gasteiger partial charge on any atom is -0.135 e. The maximum Gasteiger partial charge on any atom is 0.125 e. The lowest BCUT2D eigenvalue weighted by atomic mass is 10.2. The number of hydrogen-bond acceptors (Lipinski definition) is 0. The van der Waals surface area contributed by atoms with Gasteiger partial charge in [0.25, 0.3) is 0 Å². The van der Waals surface area contributed by atoms with Crippen LogP contribution in [0.5, 0.6) is 0 Å². The van der Waals surface area contributed by atoms with Crippen LogP contribution in [0.3, 0.4) is 0 Å². The average Bonchev–Trinajstić information content (AvgIpc) is 1.64. The van der Waals surface area contributed by atoms with E-state index in [1.807, 2.05) is 6.92 Å². The molecule has 0 spiro atoms. The summed E-state index contributed by atoms with van der Waals surface area (Å²) in [5, 5.41) is 0.475. The molecule has 0 saturated heterocycles. The van der Waals surface area contributed by atoms with Crippen molar-refractivity contribution < 1.29 is 0 Å². The van der Waals surface area contributed by atoms with Crippen molar-refractivity contribution >= 4 is 8.80 Å². The lowest BCUT2D eigenvalue weighted by molar-refractivity contribution is 0.747. The molecule has 0 aliphatic rings. The second-order valence-corrected chi connectivity index (χ2v) is 6.95. The lowest BCUT2D eigenvalue weighted by Crippen LogP contribution is -2.19. The van der Waals surface area contributed by atoms with Crippen LogP contribution in [-0.2, 0) is 0 Å². The summed E-state index contributed by atoms with van der Waals surface area (Å²) in [6.45, 7) is 11.0. The molecule has 0 aliphatic heterocycles. The van der Waals surface area contributed by atoms with Crippen LogP contribution in [0.25, 0.3) is 0 Å². The maximum absolute atomic E-state index is 3.27. The summed E-state index contributed by atoms with van der Waals surface area (Å²) in [6.07, 6.45) is 0. The van der Waals surface area contributed by atoms with Crippen LogP contribution >= 0.6 is 0 Å². The van der Waals surface area contributed by atoms with E-state index in [-0.39, 0.29) is 0 Å². The Hall–Kier alpha value is -0.223. The summed E-state index contributed by atoms with van der Waals surface area (Å²) in [5.74, 6) is 2.99. The molecule has 0 heterocycles. The molecule has 9 heavy (non-hydrogen) atoms. The van der Waals surface area contributed by atoms with Crippen LogP contribution in [0, 0.1) is 11.5 Å². The van der Waals surface area contributed by atoms with Crippen LogP contribution in [0.2, 0.25) is 11.6 Å². The predicted octanol–water partition coefficient (Wildman–Crippen LogP) is 2.21. The summed E-state index contributed by atoms with van der Waals surface area (Å²) >= 11 is 0. The molecule has 0 aliphatic carbocycles. The van der Waals surface area contributed by atoms with Crippen molar-refractivity contribution in [2.24, 2.45) is 0 Å². The minimum absolute atomic E-state index is 0.475. The highest BCUT2D eigenvalue weighted by Crippen LogP contribution is 2.25. The van der Waals surface area contributed by atoms with Crippen molar-refractivity contribution in [3.05, 3.63) is 0 Å². The van der Waals surface area contributed by atoms with Crippen LogP contribution in [-0.4, -0.2) is 8.80 Å². The first-order chi connectivity index (χ1) is 3.98. The Bertz CT molecular complexity index is 131. The molecule has 0 aromatic heterocycles. The van der Waals surface area contributed by atoms with Gasteiger partial charge in [-0.2, -0.15) is 0 Å². The van der Waals surface area contributed by atoms with E-state index in [0.717, 1.165) is 0 Å². The van der Waals surface area contributed by atoms with E-state index in [4.69, 9.17) is 0 Å². The van der Waals surface area contributed by atoms with E-state index in [1.54, 1.807) is 0 Å². The Labute approximate surface area is 60.3 Å². The SMILES string of the molecule is CC#C[SiH](C)C(C)(C)C. The first-order valence-corrected chi connectivity index (χ1v) is 5.71. The Morgan fingerprint density at radius 1 is 1.22 bits per heavy atom. The van der Waals surface area contributed by atoms with Gasteiger partial charge in [-0.1, -0.05) is 27.3 Å². The zero-order chi connectivity index (χ0) is 7.49. The Kier molecular flexibility index (Phi) is 3.00. The summed E-state index contributed by atoms with van der Waals surface area (Å²) < 4.78 is 0. The highest BCUT2D eigenvalue weighted by molar-refractivity contribution is 6.69. The molecule has 52 valence electrons. The molecular weight excluding hydrogens is 124 g/mol. The molecular formula is C8H16Si. The van der Waals surface area contributed by atoms with Crippen molar-refractivity contribution in [3.63, 3.8) is 0 Å². The van der Waals surface area contributed by atoms with Gasteiger partial charge in [-0.15, -0.1) is 11.5 Å². The van der Waals surface area contributed by atoms with E-state index in [0.29, 0.717) is 5.04 Å². The number of hydrogen-bond donors (Lipinski definition) is 0. The monoisotopic (exact) mass is 140 g/mol. The molecule has 0 amide bonds. The molecule has 0 rings (SSSR count). The van der Waals surface area contributed by atoms with Gasteiger partial charge in [0.05, 0.1) is 0 Å². The summed E-state index contributed by atoms with van der Waals surface area (Å²) in [7, 11) is -0.752. The van der Waals surface area contributed by atoms with Gasteiger partial charge in [-0.25, -0.2) is 0 Å². The fourth-order valence-corrected chi connectivity index (χ4v) is 1.30. The van der Waals surface area contributed by atoms with Crippen LogP contribution in [0.15, 0.2) is 0 Å². The second kappa shape index (κ2) is 3.08. The van der Waals surface area contributed by atoms with Crippen LogP contribution < -0.4 is 0 Å². The van der Waals surface area contributed by atoms with E-state index >= 15 is 0 Å². The highest BCUT2D eigenvalue weighted by Gasteiger charge is 2.18. The van der Waals surface area contributed by atoms with Crippen molar-refractivity contribution in [2.45, 2.75) is 39.3 Å². The van der Waals surface area contributed by atoms with Crippen LogP contribution in [0.1, 0.15) is 27.7 Å². The fraction of sp³-hybridized carbons (Fsp3) is 0.750. The molecule has 0 aromatic rings. The van der Waals surface area contributed by atoms with Gasteiger partial charge in [0.15, 0.2) is 0 Å². The first kappa shape index (κ1) is 8.78. The largest absolute Gasteiger partial charge is 0.135 e. The lowest BCUT2D eigenvalue weighted by Gasteiger charge is -2.20. The van der Waals surface area contributed by atoms with Gasteiger partial charge in [0, 0.05) is 0 Å². The molecule has 0 bridgehead atoms. The molecule has 1 heteroatoms. The quantitative estimate of drug-likeness (QED) is 0.357. The average molecular weight is 140 g/mol. The van der Waals surface area contributed by atoms with Gasteiger partial charge in [0.1, 0.15) is 8.80 Å². The van der Waals surface area contributed by atoms with E-state index in [1.165, 1.54) is 0 Å². The van der Waals surface area contributed by atoms with Gasteiger partial charge < -0.3 is 0 Å². The topological polar surface area (TPSA) is 0 Å². The molecule has 0 aromatic carbocycles. The zero-order valence-corrected chi connectivity index (χ0v) is 8.23. The van der Waals surface area contributed by atoms with E-state index in [2.05, 4.69) is 38.8 Å². The van der Waals surface area contributed by atoms with E-state index < -0.39 is 8.80 Å². The van der Waals surface area contributed by atoms with Crippen LogP contribution in [0.4, 0.5) is 0 Å². The third-order valence-corrected chi connectivity index (χ3v) is 4.98. The fourth-order valence-electron chi connectivity index (χ4n) is 0.433. The summed E-state index contributed by atoms with van der Waals surface area (Å²) in [6, 6.07) is 0. The van der Waals surface area contributed by atoms with Crippen molar-refractivity contribution in [1.29, 1.82) is 0 Å².